The highest BCUT2D eigenvalue weighted by molar-refractivity contribution is 5.95. The van der Waals surface area contributed by atoms with E-state index in [-0.39, 0.29) is 5.91 Å². The van der Waals surface area contributed by atoms with Crippen molar-refractivity contribution in [2.24, 2.45) is 0 Å². The van der Waals surface area contributed by atoms with Gasteiger partial charge in [0.1, 0.15) is 5.69 Å². The first kappa shape index (κ1) is 18.5. The molecule has 28 heavy (non-hydrogen) atoms. The standard InChI is InChI=1S/C24H27N3O/c1-3-20-13-7-8-16-26(20)22(28)15-14-21-23(19-11-5-4-6-12-19)25-27-17-9-10-18(2)24(21)27/h4-6,9-12,14-15,17,20H,3,7-8,13,16H2,1-2H3. The number of carbonyl (C=O) groups is 1. The number of carbonyl (C=O) groups excluding carboxylic acids is 1. The molecule has 1 fully saturated rings. The number of nitrogens with zero attached hydrogens (tertiary/aromatic N) is 3. The van der Waals surface area contributed by atoms with Crippen LogP contribution >= 0.6 is 0 Å². The van der Waals surface area contributed by atoms with Crippen molar-refractivity contribution in [3.8, 4) is 11.3 Å². The Kier molecular flexibility index (Phi) is 5.29. The lowest BCUT2D eigenvalue weighted by Crippen LogP contribution is -2.42. The molecule has 3 aromatic rings. The van der Waals surface area contributed by atoms with Crippen LogP contribution in [0.25, 0.3) is 22.9 Å². The van der Waals surface area contributed by atoms with Crippen molar-refractivity contribution >= 4 is 17.5 Å². The first-order valence-corrected chi connectivity index (χ1v) is 10.2. The van der Waals surface area contributed by atoms with Crippen molar-refractivity contribution in [2.75, 3.05) is 6.54 Å². The molecular weight excluding hydrogens is 346 g/mol. The highest BCUT2D eigenvalue weighted by Crippen LogP contribution is 2.29. The Hall–Kier alpha value is -2.88. The number of amides is 1. The third kappa shape index (κ3) is 3.47. The third-order valence-electron chi connectivity index (χ3n) is 5.72. The number of rotatable bonds is 4. The molecule has 1 amide bonds. The monoisotopic (exact) mass is 373 g/mol. The first-order valence-electron chi connectivity index (χ1n) is 10.2. The van der Waals surface area contributed by atoms with E-state index < -0.39 is 0 Å². The van der Waals surface area contributed by atoms with Crippen LogP contribution in [-0.2, 0) is 4.79 Å². The van der Waals surface area contributed by atoms with Gasteiger partial charge in [0, 0.05) is 36.0 Å². The van der Waals surface area contributed by atoms with E-state index in [1.807, 2.05) is 46.0 Å². The van der Waals surface area contributed by atoms with Crippen molar-refractivity contribution in [1.82, 2.24) is 14.5 Å². The number of hydrogen-bond acceptors (Lipinski definition) is 2. The van der Waals surface area contributed by atoms with Crippen LogP contribution in [0.2, 0.25) is 0 Å². The van der Waals surface area contributed by atoms with Crippen molar-refractivity contribution in [3.63, 3.8) is 0 Å². The van der Waals surface area contributed by atoms with Gasteiger partial charge in [-0.3, -0.25) is 4.79 Å². The predicted molar refractivity (Wildman–Crippen MR) is 114 cm³/mol. The molecule has 1 aromatic carbocycles. The molecule has 0 radical (unpaired) electrons. The number of aromatic nitrogens is 2. The summed E-state index contributed by atoms with van der Waals surface area (Å²) < 4.78 is 1.91. The minimum absolute atomic E-state index is 0.110. The minimum Gasteiger partial charge on any atom is -0.336 e. The molecule has 4 heteroatoms. The lowest BCUT2D eigenvalue weighted by Gasteiger charge is -2.34. The number of pyridine rings is 1. The molecular formula is C24H27N3O. The summed E-state index contributed by atoms with van der Waals surface area (Å²) in [5.74, 6) is 0.110. The SMILES string of the molecule is CCC1CCCCN1C(=O)C=Cc1c(-c2ccccc2)nn2cccc(C)c12. The van der Waals surface area contributed by atoms with E-state index in [4.69, 9.17) is 5.10 Å². The van der Waals surface area contributed by atoms with Crippen LogP contribution in [0.4, 0.5) is 0 Å². The summed E-state index contributed by atoms with van der Waals surface area (Å²) in [5, 5.41) is 4.81. The third-order valence-corrected chi connectivity index (χ3v) is 5.72. The van der Waals surface area contributed by atoms with E-state index in [1.165, 1.54) is 6.42 Å². The maximum absolute atomic E-state index is 12.9. The Morgan fingerprint density at radius 1 is 1.18 bits per heavy atom. The molecule has 144 valence electrons. The molecule has 4 nitrogen and oxygen atoms in total. The van der Waals surface area contributed by atoms with E-state index in [0.29, 0.717) is 6.04 Å². The van der Waals surface area contributed by atoms with Crippen molar-refractivity contribution in [1.29, 1.82) is 0 Å². The maximum atomic E-state index is 12.9. The van der Waals surface area contributed by atoms with Crippen LogP contribution in [0.1, 0.15) is 43.7 Å². The number of aryl methyl sites for hydroxylation is 1. The lowest BCUT2D eigenvalue weighted by molar-refractivity contribution is -0.129. The lowest BCUT2D eigenvalue weighted by atomic mass is 9.99. The largest absolute Gasteiger partial charge is 0.336 e. The van der Waals surface area contributed by atoms with Crippen LogP contribution in [0.3, 0.4) is 0 Å². The van der Waals surface area contributed by atoms with Gasteiger partial charge in [0.05, 0.1) is 5.52 Å². The fraction of sp³-hybridized carbons (Fsp3) is 0.333. The van der Waals surface area contributed by atoms with E-state index in [9.17, 15) is 4.79 Å². The van der Waals surface area contributed by atoms with E-state index in [1.54, 1.807) is 6.08 Å². The Morgan fingerprint density at radius 2 is 2.00 bits per heavy atom. The highest BCUT2D eigenvalue weighted by Gasteiger charge is 2.24. The maximum Gasteiger partial charge on any atom is 0.246 e. The van der Waals surface area contributed by atoms with Gasteiger partial charge in [-0.15, -0.1) is 0 Å². The smallest absolute Gasteiger partial charge is 0.246 e. The van der Waals surface area contributed by atoms with E-state index in [0.717, 1.165) is 53.7 Å². The van der Waals surface area contributed by atoms with Gasteiger partial charge >= 0.3 is 0 Å². The topological polar surface area (TPSA) is 37.6 Å². The normalized spacial score (nSPS) is 17.5. The van der Waals surface area contributed by atoms with Gasteiger partial charge in [-0.1, -0.05) is 43.3 Å². The second-order valence-electron chi connectivity index (χ2n) is 7.54. The molecule has 3 heterocycles. The van der Waals surface area contributed by atoms with Crippen LogP contribution in [0, 0.1) is 6.92 Å². The first-order chi connectivity index (χ1) is 13.7. The molecule has 1 unspecified atom stereocenters. The summed E-state index contributed by atoms with van der Waals surface area (Å²) in [6.45, 7) is 5.12. The number of piperidine rings is 1. The molecule has 0 aliphatic carbocycles. The second-order valence-corrected chi connectivity index (χ2v) is 7.54. The average molecular weight is 374 g/mol. The molecule has 0 spiro atoms. The minimum atomic E-state index is 0.110. The summed E-state index contributed by atoms with van der Waals surface area (Å²) in [6.07, 6.45) is 10.1. The van der Waals surface area contributed by atoms with Gasteiger partial charge in [0.2, 0.25) is 5.91 Å². The number of fused-ring (bicyclic) bond motifs is 1. The summed E-state index contributed by atoms with van der Waals surface area (Å²) in [4.78, 5) is 15.0. The fourth-order valence-electron chi connectivity index (χ4n) is 4.23. The quantitative estimate of drug-likeness (QED) is 0.596. The van der Waals surface area contributed by atoms with Crippen LogP contribution in [-0.4, -0.2) is 33.0 Å². The van der Waals surface area contributed by atoms with E-state index >= 15 is 0 Å². The molecule has 1 aliphatic heterocycles. The summed E-state index contributed by atoms with van der Waals surface area (Å²) in [6, 6.07) is 14.6. The Bertz CT molecular complexity index is 1000. The Labute approximate surface area is 166 Å². The Morgan fingerprint density at radius 3 is 2.79 bits per heavy atom. The molecule has 1 saturated heterocycles. The van der Waals surface area contributed by atoms with Crippen molar-refractivity contribution in [2.45, 2.75) is 45.6 Å². The zero-order valence-electron chi connectivity index (χ0n) is 16.6. The van der Waals surface area contributed by atoms with Crippen LogP contribution in [0.15, 0.2) is 54.7 Å². The number of hydrogen-bond donors (Lipinski definition) is 0. The zero-order valence-corrected chi connectivity index (χ0v) is 16.6. The van der Waals surface area contributed by atoms with Crippen LogP contribution < -0.4 is 0 Å². The molecule has 0 N–H and O–H groups in total. The van der Waals surface area contributed by atoms with Gasteiger partial charge < -0.3 is 4.90 Å². The molecule has 0 bridgehead atoms. The van der Waals surface area contributed by atoms with Gasteiger partial charge in [-0.2, -0.15) is 5.10 Å². The summed E-state index contributed by atoms with van der Waals surface area (Å²) >= 11 is 0. The molecule has 1 aliphatic rings. The van der Waals surface area contributed by atoms with Crippen LogP contribution in [0.5, 0.6) is 0 Å². The molecule has 2 aromatic heterocycles. The van der Waals surface area contributed by atoms with Crippen molar-refractivity contribution < 1.29 is 4.79 Å². The van der Waals surface area contributed by atoms with Gasteiger partial charge in [-0.05, 0) is 50.3 Å². The fourth-order valence-corrected chi connectivity index (χ4v) is 4.23. The predicted octanol–water partition coefficient (Wildman–Crippen LogP) is 5.11. The van der Waals surface area contributed by atoms with Gasteiger partial charge in [0.25, 0.3) is 0 Å². The second kappa shape index (κ2) is 8.01. The highest BCUT2D eigenvalue weighted by atomic mass is 16.2. The average Bonchev–Trinajstić information content (AvgIpc) is 3.12. The molecule has 1 atom stereocenters. The van der Waals surface area contributed by atoms with Gasteiger partial charge in [0.15, 0.2) is 0 Å². The number of benzene rings is 1. The zero-order chi connectivity index (χ0) is 19.5. The summed E-state index contributed by atoms with van der Waals surface area (Å²) in [7, 11) is 0. The van der Waals surface area contributed by atoms with E-state index in [2.05, 4.69) is 32.0 Å². The van der Waals surface area contributed by atoms with Crippen molar-refractivity contribution in [3.05, 3.63) is 65.9 Å². The summed E-state index contributed by atoms with van der Waals surface area (Å²) in [5.41, 5.74) is 5.17. The molecule has 0 saturated carbocycles. The van der Waals surface area contributed by atoms with Gasteiger partial charge in [-0.25, -0.2) is 4.52 Å². The molecule has 4 rings (SSSR count). The Balaban J connectivity index is 1.75. The number of likely N-dealkylation sites (tertiary alicyclic amines) is 1.